The zero-order valence-corrected chi connectivity index (χ0v) is 19.3. The highest BCUT2D eigenvalue weighted by atomic mass is 32.2. The summed E-state index contributed by atoms with van der Waals surface area (Å²) in [6.07, 6.45) is 1.43. The predicted octanol–water partition coefficient (Wildman–Crippen LogP) is 4.62. The van der Waals surface area contributed by atoms with E-state index in [9.17, 15) is 4.79 Å². The lowest BCUT2D eigenvalue weighted by molar-refractivity contribution is 0.0726. The van der Waals surface area contributed by atoms with E-state index in [1.165, 1.54) is 18.0 Å². The number of carbonyl (C=O) groups is 1. The van der Waals surface area contributed by atoms with E-state index in [2.05, 4.69) is 14.9 Å². The molecule has 0 radical (unpaired) electrons. The van der Waals surface area contributed by atoms with Crippen molar-refractivity contribution in [2.24, 2.45) is 0 Å². The molecule has 8 heteroatoms. The summed E-state index contributed by atoms with van der Waals surface area (Å²) in [5.74, 6) is 0.744. The molecule has 0 atom stereocenters. The number of oxazole rings is 2. The second-order valence-corrected chi connectivity index (χ2v) is 8.76. The van der Waals surface area contributed by atoms with Crippen molar-refractivity contribution in [2.75, 3.05) is 27.2 Å². The molecule has 0 spiro atoms. The van der Waals surface area contributed by atoms with Crippen LogP contribution in [0.3, 0.4) is 0 Å². The third-order valence-electron chi connectivity index (χ3n) is 5.01. The van der Waals surface area contributed by atoms with Crippen molar-refractivity contribution in [3.63, 3.8) is 0 Å². The number of thioether (sulfide) groups is 1. The molecule has 2 aromatic heterocycles. The van der Waals surface area contributed by atoms with Crippen molar-refractivity contribution in [1.82, 2.24) is 19.8 Å². The summed E-state index contributed by atoms with van der Waals surface area (Å²) >= 11 is 1.39. The maximum atomic E-state index is 13.2. The topological polar surface area (TPSA) is 75.6 Å². The lowest BCUT2D eigenvalue weighted by Crippen LogP contribution is -2.36. The third-order valence-corrected chi connectivity index (χ3v) is 5.82. The van der Waals surface area contributed by atoms with Crippen LogP contribution >= 0.6 is 11.8 Å². The Morgan fingerprint density at radius 1 is 1.03 bits per heavy atom. The number of hydrogen-bond acceptors (Lipinski definition) is 7. The molecule has 0 unspecified atom stereocenters. The SMILES string of the molecule is Cc1cccc2oc(SCc3nc(C(=O)N(CCN(C)C)Cc4ccccc4)co3)nc12. The maximum Gasteiger partial charge on any atom is 0.276 e. The molecular weight excluding hydrogens is 424 g/mol. The number of carbonyl (C=O) groups excluding carboxylic acids is 1. The number of amides is 1. The van der Waals surface area contributed by atoms with Crippen molar-refractivity contribution in [3.05, 3.63) is 77.5 Å². The Hall–Kier alpha value is -3.10. The van der Waals surface area contributed by atoms with Gasteiger partial charge in [0.2, 0.25) is 5.89 Å². The number of fused-ring (bicyclic) bond motifs is 1. The molecular formula is C24H26N4O3S. The molecule has 4 rings (SSSR count). The minimum atomic E-state index is -0.145. The van der Waals surface area contributed by atoms with Gasteiger partial charge in [0.1, 0.15) is 11.8 Å². The standard InChI is InChI=1S/C24H26N4O3S/c1-17-8-7-11-20-22(17)26-24(31-20)32-16-21-25-19(15-30-21)23(29)28(13-12-27(2)3)14-18-9-5-4-6-10-18/h4-11,15H,12-14,16H2,1-3H3. The number of rotatable bonds is 9. The van der Waals surface area contributed by atoms with Gasteiger partial charge in [-0.25, -0.2) is 9.97 Å². The first kappa shape index (κ1) is 22.1. The number of nitrogens with zero attached hydrogens (tertiary/aromatic N) is 4. The Labute approximate surface area is 191 Å². The van der Waals surface area contributed by atoms with E-state index in [0.717, 1.165) is 28.8 Å². The van der Waals surface area contributed by atoms with Crippen LogP contribution in [0, 0.1) is 6.92 Å². The predicted molar refractivity (Wildman–Crippen MR) is 125 cm³/mol. The van der Waals surface area contributed by atoms with E-state index in [1.54, 1.807) is 4.90 Å². The van der Waals surface area contributed by atoms with Crippen LogP contribution in [-0.2, 0) is 12.3 Å². The van der Waals surface area contributed by atoms with Gasteiger partial charge in [0.15, 0.2) is 11.3 Å². The fourth-order valence-corrected chi connectivity index (χ4v) is 3.95. The second-order valence-electron chi connectivity index (χ2n) is 7.83. The number of para-hydroxylation sites is 1. The van der Waals surface area contributed by atoms with Crippen LogP contribution in [0.5, 0.6) is 0 Å². The summed E-state index contributed by atoms with van der Waals surface area (Å²) in [6, 6.07) is 15.8. The Morgan fingerprint density at radius 3 is 2.59 bits per heavy atom. The molecule has 166 valence electrons. The summed E-state index contributed by atoms with van der Waals surface area (Å²) in [5.41, 5.74) is 4.07. The Morgan fingerprint density at radius 2 is 1.84 bits per heavy atom. The maximum absolute atomic E-state index is 13.2. The smallest absolute Gasteiger partial charge is 0.276 e. The van der Waals surface area contributed by atoms with Crippen LogP contribution in [0.25, 0.3) is 11.1 Å². The average Bonchev–Trinajstić information content (AvgIpc) is 3.43. The number of hydrogen-bond donors (Lipinski definition) is 0. The Bertz CT molecular complexity index is 1190. The highest BCUT2D eigenvalue weighted by Gasteiger charge is 2.21. The van der Waals surface area contributed by atoms with Gasteiger partial charge in [0.05, 0.1) is 5.75 Å². The minimum absolute atomic E-state index is 0.145. The zero-order valence-electron chi connectivity index (χ0n) is 18.4. The van der Waals surface area contributed by atoms with Gasteiger partial charge >= 0.3 is 0 Å². The van der Waals surface area contributed by atoms with Crippen LogP contribution in [-0.4, -0.2) is 52.9 Å². The molecule has 0 aliphatic rings. The average molecular weight is 451 g/mol. The number of aryl methyl sites for hydroxylation is 1. The largest absolute Gasteiger partial charge is 0.447 e. The first-order chi connectivity index (χ1) is 15.5. The number of benzene rings is 2. The van der Waals surface area contributed by atoms with Gasteiger partial charge in [-0.05, 0) is 38.2 Å². The normalized spacial score (nSPS) is 11.4. The molecule has 32 heavy (non-hydrogen) atoms. The monoisotopic (exact) mass is 450 g/mol. The second kappa shape index (κ2) is 10.0. The van der Waals surface area contributed by atoms with Gasteiger partial charge in [0.25, 0.3) is 11.1 Å². The van der Waals surface area contributed by atoms with Gasteiger partial charge in [-0.3, -0.25) is 4.79 Å². The van der Waals surface area contributed by atoms with Gasteiger partial charge in [-0.1, -0.05) is 54.2 Å². The number of aromatic nitrogens is 2. The zero-order chi connectivity index (χ0) is 22.5. The van der Waals surface area contributed by atoms with Gasteiger partial charge in [-0.15, -0.1) is 0 Å². The molecule has 2 heterocycles. The molecule has 0 aliphatic carbocycles. The molecule has 1 amide bonds. The van der Waals surface area contributed by atoms with Crippen molar-refractivity contribution in [2.45, 2.75) is 24.4 Å². The highest BCUT2D eigenvalue weighted by molar-refractivity contribution is 7.98. The fourth-order valence-electron chi connectivity index (χ4n) is 3.27. The summed E-state index contributed by atoms with van der Waals surface area (Å²) in [5, 5.41) is 0.553. The minimum Gasteiger partial charge on any atom is -0.447 e. The Kier molecular flexibility index (Phi) is 6.92. The first-order valence-corrected chi connectivity index (χ1v) is 11.4. The lowest BCUT2D eigenvalue weighted by Gasteiger charge is -2.23. The van der Waals surface area contributed by atoms with Crippen molar-refractivity contribution >= 4 is 28.8 Å². The molecule has 0 saturated heterocycles. The first-order valence-electron chi connectivity index (χ1n) is 10.4. The van der Waals surface area contributed by atoms with E-state index in [-0.39, 0.29) is 5.91 Å². The van der Waals surface area contributed by atoms with Crippen LogP contribution in [0.1, 0.15) is 27.5 Å². The number of likely N-dealkylation sites (N-methyl/N-ethyl adjacent to an activating group) is 1. The lowest BCUT2D eigenvalue weighted by atomic mass is 10.2. The van der Waals surface area contributed by atoms with Gasteiger partial charge < -0.3 is 18.6 Å². The van der Waals surface area contributed by atoms with E-state index in [4.69, 9.17) is 8.83 Å². The third kappa shape index (κ3) is 5.38. The van der Waals surface area contributed by atoms with E-state index in [1.807, 2.05) is 69.6 Å². The highest BCUT2D eigenvalue weighted by Crippen LogP contribution is 2.27. The molecule has 0 fully saturated rings. The summed E-state index contributed by atoms with van der Waals surface area (Å²) < 4.78 is 11.4. The van der Waals surface area contributed by atoms with E-state index < -0.39 is 0 Å². The molecule has 0 N–H and O–H groups in total. The molecule has 0 aliphatic heterocycles. The molecule has 2 aromatic carbocycles. The van der Waals surface area contributed by atoms with Crippen molar-refractivity contribution in [1.29, 1.82) is 0 Å². The van der Waals surface area contributed by atoms with Crippen LogP contribution in [0.2, 0.25) is 0 Å². The van der Waals surface area contributed by atoms with E-state index in [0.29, 0.717) is 35.6 Å². The van der Waals surface area contributed by atoms with E-state index >= 15 is 0 Å². The van der Waals surface area contributed by atoms with Crippen LogP contribution in [0.15, 0.2) is 68.9 Å². The Balaban J connectivity index is 1.43. The quantitative estimate of drug-likeness (QED) is 0.344. The van der Waals surface area contributed by atoms with Crippen LogP contribution < -0.4 is 0 Å². The molecule has 0 saturated carbocycles. The summed E-state index contributed by atoms with van der Waals surface area (Å²) in [7, 11) is 3.98. The molecule has 7 nitrogen and oxygen atoms in total. The molecule has 4 aromatic rings. The fraction of sp³-hybridized carbons (Fsp3) is 0.292. The summed E-state index contributed by atoms with van der Waals surface area (Å²) in [6.45, 7) is 3.88. The van der Waals surface area contributed by atoms with Gasteiger partial charge in [0, 0.05) is 19.6 Å². The van der Waals surface area contributed by atoms with Crippen molar-refractivity contribution in [3.8, 4) is 0 Å². The summed E-state index contributed by atoms with van der Waals surface area (Å²) in [4.78, 5) is 26.0. The molecule has 0 bridgehead atoms. The van der Waals surface area contributed by atoms with Crippen molar-refractivity contribution < 1.29 is 13.6 Å². The van der Waals surface area contributed by atoms with Gasteiger partial charge in [-0.2, -0.15) is 0 Å². The van der Waals surface area contributed by atoms with Crippen LogP contribution in [0.4, 0.5) is 0 Å².